The summed E-state index contributed by atoms with van der Waals surface area (Å²) in [4.78, 5) is 24.0. The summed E-state index contributed by atoms with van der Waals surface area (Å²) in [5, 5.41) is 2.68. The molecule has 0 aromatic heterocycles. The van der Waals surface area contributed by atoms with Crippen LogP contribution in [0.2, 0.25) is 0 Å². The second-order valence-corrected chi connectivity index (χ2v) is 7.93. The standard InChI is InChI=1S/C19H21NO5S/c1-14-8-9-16(26(2,23)24)12-17(14)19(22)25-13-18(21)20-11-10-15-6-4-3-5-7-15/h3-9,12H,10-11,13H2,1-2H3,(H,20,21). The Morgan fingerprint density at radius 1 is 1.08 bits per heavy atom. The minimum absolute atomic E-state index is 0.0300. The van der Waals surface area contributed by atoms with Crippen molar-refractivity contribution in [2.24, 2.45) is 0 Å². The second kappa shape index (κ2) is 8.62. The van der Waals surface area contributed by atoms with E-state index >= 15 is 0 Å². The molecule has 138 valence electrons. The van der Waals surface area contributed by atoms with Crippen LogP contribution in [0.3, 0.4) is 0 Å². The number of hydrogen-bond donors (Lipinski definition) is 1. The number of hydrogen-bond acceptors (Lipinski definition) is 5. The van der Waals surface area contributed by atoms with E-state index in [-0.39, 0.29) is 10.5 Å². The number of amides is 1. The van der Waals surface area contributed by atoms with Gasteiger partial charge in [-0.25, -0.2) is 13.2 Å². The molecule has 26 heavy (non-hydrogen) atoms. The van der Waals surface area contributed by atoms with Crippen LogP contribution in [0.25, 0.3) is 0 Å². The first-order valence-electron chi connectivity index (χ1n) is 8.06. The normalized spacial score (nSPS) is 11.0. The highest BCUT2D eigenvalue weighted by molar-refractivity contribution is 7.90. The van der Waals surface area contributed by atoms with Crippen molar-refractivity contribution in [2.75, 3.05) is 19.4 Å². The lowest BCUT2D eigenvalue weighted by molar-refractivity contribution is -0.124. The molecule has 2 aromatic rings. The van der Waals surface area contributed by atoms with Crippen molar-refractivity contribution in [3.63, 3.8) is 0 Å². The maximum Gasteiger partial charge on any atom is 0.338 e. The Kier molecular flexibility index (Phi) is 6.52. The number of esters is 1. The van der Waals surface area contributed by atoms with E-state index in [0.29, 0.717) is 18.5 Å². The van der Waals surface area contributed by atoms with Crippen LogP contribution in [0.1, 0.15) is 21.5 Å². The highest BCUT2D eigenvalue weighted by Crippen LogP contribution is 2.16. The zero-order chi connectivity index (χ0) is 19.2. The van der Waals surface area contributed by atoms with Crippen molar-refractivity contribution >= 4 is 21.7 Å². The number of benzene rings is 2. The highest BCUT2D eigenvalue weighted by atomic mass is 32.2. The molecule has 0 heterocycles. The Balaban J connectivity index is 1.87. The molecule has 0 aliphatic heterocycles. The summed E-state index contributed by atoms with van der Waals surface area (Å²) in [6.45, 7) is 1.68. The second-order valence-electron chi connectivity index (χ2n) is 5.91. The summed E-state index contributed by atoms with van der Waals surface area (Å²) in [5.41, 5.74) is 1.80. The third-order valence-corrected chi connectivity index (χ3v) is 4.88. The summed E-state index contributed by atoms with van der Waals surface area (Å²) >= 11 is 0. The molecule has 6 nitrogen and oxygen atoms in total. The molecule has 2 rings (SSSR count). The molecular formula is C19H21NO5S. The summed E-state index contributed by atoms with van der Waals surface area (Å²) in [6, 6.07) is 13.9. The van der Waals surface area contributed by atoms with Gasteiger partial charge in [0.1, 0.15) is 0 Å². The lowest BCUT2D eigenvalue weighted by Gasteiger charge is -2.09. The van der Waals surface area contributed by atoms with Crippen LogP contribution in [-0.4, -0.2) is 39.7 Å². The van der Waals surface area contributed by atoms with Gasteiger partial charge in [-0.3, -0.25) is 4.79 Å². The zero-order valence-corrected chi connectivity index (χ0v) is 15.5. The summed E-state index contributed by atoms with van der Waals surface area (Å²) in [6.07, 6.45) is 1.74. The zero-order valence-electron chi connectivity index (χ0n) is 14.7. The SMILES string of the molecule is Cc1ccc(S(C)(=O)=O)cc1C(=O)OCC(=O)NCCc1ccccc1. The van der Waals surface area contributed by atoms with Crippen molar-refractivity contribution in [1.82, 2.24) is 5.32 Å². The van der Waals surface area contributed by atoms with Gasteiger partial charge < -0.3 is 10.1 Å². The largest absolute Gasteiger partial charge is 0.452 e. The average Bonchev–Trinajstić information content (AvgIpc) is 2.60. The number of aryl methyl sites for hydroxylation is 1. The Labute approximate surface area is 153 Å². The third-order valence-electron chi connectivity index (χ3n) is 3.77. The van der Waals surface area contributed by atoms with Gasteiger partial charge in [0.2, 0.25) is 0 Å². The van der Waals surface area contributed by atoms with Crippen molar-refractivity contribution < 1.29 is 22.7 Å². The fraction of sp³-hybridized carbons (Fsp3) is 0.263. The lowest BCUT2D eigenvalue weighted by Crippen LogP contribution is -2.30. The number of carbonyl (C=O) groups excluding carboxylic acids is 2. The molecule has 0 aliphatic rings. The first kappa shape index (κ1) is 19.7. The highest BCUT2D eigenvalue weighted by Gasteiger charge is 2.16. The van der Waals surface area contributed by atoms with Crippen molar-refractivity contribution in [2.45, 2.75) is 18.2 Å². The molecule has 0 spiro atoms. The maximum atomic E-state index is 12.1. The summed E-state index contributed by atoms with van der Waals surface area (Å²) in [5.74, 6) is -1.14. The first-order chi connectivity index (χ1) is 12.3. The average molecular weight is 375 g/mol. The van der Waals surface area contributed by atoms with E-state index in [1.165, 1.54) is 18.2 Å². The van der Waals surface area contributed by atoms with Gasteiger partial charge in [0.15, 0.2) is 16.4 Å². The number of sulfone groups is 1. The van der Waals surface area contributed by atoms with Crippen LogP contribution in [0.15, 0.2) is 53.4 Å². The number of nitrogens with one attached hydrogen (secondary N) is 1. The van der Waals surface area contributed by atoms with Crippen LogP contribution in [-0.2, 0) is 25.8 Å². The molecule has 0 unspecified atom stereocenters. The molecule has 0 fully saturated rings. The smallest absolute Gasteiger partial charge is 0.338 e. The van der Waals surface area contributed by atoms with Gasteiger partial charge in [-0.15, -0.1) is 0 Å². The molecule has 1 N–H and O–H groups in total. The minimum atomic E-state index is -3.43. The monoisotopic (exact) mass is 375 g/mol. The van der Waals surface area contributed by atoms with Crippen molar-refractivity contribution in [1.29, 1.82) is 0 Å². The van der Waals surface area contributed by atoms with Crippen LogP contribution in [0.4, 0.5) is 0 Å². The predicted octanol–water partition coefficient (Wildman–Crippen LogP) is 1.91. The van der Waals surface area contributed by atoms with E-state index in [0.717, 1.165) is 11.8 Å². The third kappa shape index (κ3) is 5.70. The topological polar surface area (TPSA) is 89.5 Å². The van der Waals surface area contributed by atoms with E-state index < -0.39 is 28.3 Å². The van der Waals surface area contributed by atoms with Gasteiger partial charge in [0, 0.05) is 12.8 Å². The molecule has 0 saturated carbocycles. The Hall–Kier alpha value is -2.67. The van der Waals surface area contributed by atoms with E-state index in [2.05, 4.69) is 5.32 Å². The first-order valence-corrected chi connectivity index (χ1v) is 9.95. The van der Waals surface area contributed by atoms with E-state index in [1.807, 2.05) is 30.3 Å². The van der Waals surface area contributed by atoms with Crippen LogP contribution in [0, 0.1) is 6.92 Å². The Morgan fingerprint density at radius 2 is 1.77 bits per heavy atom. The molecule has 0 aliphatic carbocycles. The summed E-state index contributed by atoms with van der Waals surface area (Å²) in [7, 11) is -3.43. The predicted molar refractivity (Wildman–Crippen MR) is 97.7 cm³/mol. The fourth-order valence-corrected chi connectivity index (χ4v) is 2.95. The number of rotatable bonds is 7. The Bertz CT molecular complexity index is 891. The van der Waals surface area contributed by atoms with Gasteiger partial charge in [0.05, 0.1) is 10.5 Å². The van der Waals surface area contributed by atoms with Gasteiger partial charge in [-0.1, -0.05) is 36.4 Å². The molecule has 0 atom stereocenters. The molecule has 2 aromatic carbocycles. The minimum Gasteiger partial charge on any atom is -0.452 e. The van der Waals surface area contributed by atoms with Gasteiger partial charge in [0.25, 0.3) is 5.91 Å². The molecular weight excluding hydrogens is 354 g/mol. The summed E-state index contributed by atoms with van der Waals surface area (Å²) < 4.78 is 28.2. The van der Waals surface area contributed by atoms with Gasteiger partial charge >= 0.3 is 5.97 Å². The van der Waals surface area contributed by atoms with Crippen molar-refractivity contribution in [3.8, 4) is 0 Å². The van der Waals surface area contributed by atoms with Crippen molar-refractivity contribution in [3.05, 3.63) is 65.2 Å². The van der Waals surface area contributed by atoms with E-state index in [1.54, 1.807) is 6.92 Å². The molecule has 0 saturated heterocycles. The van der Waals surface area contributed by atoms with E-state index in [4.69, 9.17) is 4.74 Å². The number of ether oxygens (including phenoxy) is 1. The van der Waals surface area contributed by atoms with Gasteiger partial charge in [-0.2, -0.15) is 0 Å². The quantitative estimate of drug-likeness (QED) is 0.747. The molecule has 1 amide bonds. The van der Waals surface area contributed by atoms with E-state index in [9.17, 15) is 18.0 Å². The van der Waals surface area contributed by atoms with Crippen LogP contribution < -0.4 is 5.32 Å². The molecule has 0 radical (unpaired) electrons. The number of carbonyl (C=O) groups is 2. The lowest BCUT2D eigenvalue weighted by atomic mass is 10.1. The Morgan fingerprint density at radius 3 is 2.42 bits per heavy atom. The van der Waals surface area contributed by atoms with Crippen LogP contribution >= 0.6 is 0 Å². The van der Waals surface area contributed by atoms with Gasteiger partial charge in [-0.05, 0) is 36.6 Å². The van der Waals surface area contributed by atoms with Crippen LogP contribution in [0.5, 0.6) is 0 Å². The molecule has 7 heteroatoms. The fourth-order valence-electron chi connectivity index (χ4n) is 2.30. The molecule has 0 bridgehead atoms. The maximum absolute atomic E-state index is 12.1.